The molecule has 0 N–H and O–H groups in total. The van der Waals surface area contributed by atoms with Gasteiger partial charge in [-0.1, -0.05) is 0 Å². The number of hydrogen-bond acceptors (Lipinski definition) is 3. The molecule has 0 saturated carbocycles. The van der Waals surface area contributed by atoms with E-state index in [0.29, 0.717) is 5.92 Å². The molecule has 70 valence electrons. The Morgan fingerprint density at radius 2 is 2.42 bits per heavy atom. The van der Waals surface area contributed by atoms with Crippen LogP contribution in [-0.4, -0.2) is 44.5 Å². The fraction of sp³-hybridized carbons (Fsp3) is 0.889. The van der Waals surface area contributed by atoms with Gasteiger partial charge in [-0.15, -0.1) is 0 Å². The Bertz CT molecular complexity index is 149. The van der Waals surface area contributed by atoms with E-state index in [1.54, 1.807) is 7.11 Å². The molecule has 1 aliphatic heterocycles. The van der Waals surface area contributed by atoms with Crippen molar-refractivity contribution >= 4 is 6.29 Å². The second kappa shape index (κ2) is 4.58. The summed E-state index contributed by atoms with van der Waals surface area (Å²) in [7, 11) is 3.69. The predicted molar refractivity (Wildman–Crippen MR) is 47.1 cm³/mol. The summed E-state index contributed by atoms with van der Waals surface area (Å²) in [4.78, 5) is 12.9. The number of likely N-dealkylation sites (tertiary alicyclic amines) is 1. The van der Waals surface area contributed by atoms with Crippen molar-refractivity contribution in [1.29, 1.82) is 0 Å². The van der Waals surface area contributed by atoms with Gasteiger partial charge in [0.2, 0.25) is 0 Å². The molecule has 1 fully saturated rings. The normalized spacial score (nSPS) is 28.3. The van der Waals surface area contributed by atoms with Gasteiger partial charge in [-0.2, -0.15) is 0 Å². The molecule has 2 unspecified atom stereocenters. The quantitative estimate of drug-likeness (QED) is 0.580. The zero-order valence-corrected chi connectivity index (χ0v) is 7.82. The van der Waals surface area contributed by atoms with Crippen LogP contribution in [0, 0.1) is 5.92 Å². The molecule has 0 aromatic carbocycles. The van der Waals surface area contributed by atoms with E-state index in [2.05, 4.69) is 11.9 Å². The van der Waals surface area contributed by atoms with Gasteiger partial charge in [0.1, 0.15) is 12.4 Å². The van der Waals surface area contributed by atoms with Crippen molar-refractivity contribution in [2.24, 2.45) is 5.92 Å². The zero-order valence-electron chi connectivity index (χ0n) is 7.82. The monoisotopic (exact) mass is 171 g/mol. The number of piperidine rings is 1. The molecule has 2 atom stereocenters. The molecule has 1 heterocycles. The Hall–Kier alpha value is -0.410. The van der Waals surface area contributed by atoms with Crippen molar-refractivity contribution in [3.63, 3.8) is 0 Å². The minimum absolute atomic E-state index is 0.201. The first kappa shape index (κ1) is 9.68. The highest BCUT2D eigenvalue weighted by Crippen LogP contribution is 2.19. The Labute approximate surface area is 73.7 Å². The van der Waals surface area contributed by atoms with Crippen LogP contribution in [0.4, 0.5) is 0 Å². The number of nitrogens with zero attached hydrogens (tertiary/aromatic N) is 1. The molecule has 1 saturated heterocycles. The molecule has 0 radical (unpaired) electrons. The third-order valence-electron chi connectivity index (χ3n) is 2.53. The first-order valence-corrected chi connectivity index (χ1v) is 4.44. The fourth-order valence-electron chi connectivity index (χ4n) is 1.83. The highest BCUT2D eigenvalue weighted by atomic mass is 16.5. The summed E-state index contributed by atoms with van der Waals surface area (Å²) < 4.78 is 5.09. The lowest BCUT2D eigenvalue weighted by Crippen LogP contribution is -2.39. The fourth-order valence-corrected chi connectivity index (χ4v) is 1.83. The van der Waals surface area contributed by atoms with Crippen molar-refractivity contribution < 1.29 is 9.53 Å². The second-order valence-corrected chi connectivity index (χ2v) is 3.50. The molecule has 1 aliphatic rings. The summed E-state index contributed by atoms with van der Waals surface area (Å²) in [6.45, 7) is 2.13. The van der Waals surface area contributed by atoms with E-state index < -0.39 is 0 Å². The highest BCUT2D eigenvalue weighted by Gasteiger charge is 2.24. The third kappa shape index (κ3) is 2.29. The molecule has 0 aliphatic carbocycles. The summed E-state index contributed by atoms with van der Waals surface area (Å²) in [5.74, 6) is 0.395. The molecule has 0 spiro atoms. The molecule has 0 aromatic rings. The third-order valence-corrected chi connectivity index (χ3v) is 2.53. The maximum atomic E-state index is 10.6. The van der Waals surface area contributed by atoms with E-state index in [0.717, 1.165) is 25.8 Å². The summed E-state index contributed by atoms with van der Waals surface area (Å²) in [5.41, 5.74) is 0. The Morgan fingerprint density at radius 3 is 2.92 bits per heavy atom. The largest absolute Gasteiger partial charge is 0.374 e. The summed E-state index contributed by atoms with van der Waals surface area (Å²) in [6.07, 6.45) is 3.01. The average molecular weight is 171 g/mol. The van der Waals surface area contributed by atoms with Crippen molar-refractivity contribution in [2.75, 3.05) is 27.2 Å². The van der Waals surface area contributed by atoms with Crippen LogP contribution >= 0.6 is 0 Å². The molecule has 12 heavy (non-hydrogen) atoms. The lowest BCUT2D eigenvalue weighted by molar-refractivity contribution is -0.120. The molecule has 0 bridgehead atoms. The molecular formula is C9H17NO2. The highest BCUT2D eigenvalue weighted by molar-refractivity contribution is 5.56. The van der Waals surface area contributed by atoms with Crippen LogP contribution in [0.3, 0.4) is 0 Å². The first-order valence-electron chi connectivity index (χ1n) is 4.44. The van der Waals surface area contributed by atoms with Gasteiger partial charge in [-0.3, -0.25) is 0 Å². The van der Waals surface area contributed by atoms with Crippen LogP contribution in [0.5, 0.6) is 0 Å². The van der Waals surface area contributed by atoms with Gasteiger partial charge < -0.3 is 14.4 Å². The van der Waals surface area contributed by atoms with E-state index >= 15 is 0 Å². The SMILES string of the molecule is COC(C=O)C1CCCN(C)C1. The summed E-state index contributed by atoms with van der Waals surface area (Å²) >= 11 is 0. The zero-order chi connectivity index (χ0) is 8.97. The molecule has 0 amide bonds. The van der Waals surface area contributed by atoms with Crippen molar-refractivity contribution in [3.05, 3.63) is 0 Å². The maximum absolute atomic E-state index is 10.6. The Morgan fingerprint density at radius 1 is 1.67 bits per heavy atom. The molecular weight excluding hydrogens is 154 g/mol. The van der Waals surface area contributed by atoms with E-state index in [1.807, 2.05) is 0 Å². The first-order chi connectivity index (χ1) is 5.77. The van der Waals surface area contributed by atoms with Gasteiger partial charge in [0.25, 0.3) is 0 Å². The standard InChI is InChI=1S/C9H17NO2/c1-10-5-3-4-8(6-10)9(7-11)12-2/h7-9H,3-6H2,1-2H3. The lowest BCUT2D eigenvalue weighted by atomic mass is 9.93. The number of ether oxygens (including phenoxy) is 1. The van der Waals surface area contributed by atoms with Crippen molar-refractivity contribution in [1.82, 2.24) is 4.90 Å². The molecule has 0 aromatic heterocycles. The van der Waals surface area contributed by atoms with Crippen LogP contribution in [0.1, 0.15) is 12.8 Å². The van der Waals surface area contributed by atoms with E-state index in [9.17, 15) is 4.79 Å². The van der Waals surface area contributed by atoms with Crippen molar-refractivity contribution in [2.45, 2.75) is 18.9 Å². The van der Waals surface area contributed by atoms with E-state index in [-0.39, 0.29) is 6.10 Å². The van der Waals surface area contributed by atoms with Gasteiger partial charge in [0.05, 0.1) is 0 Å². The van der Waals surface area contributed by atoms with Crippen LogP contribution in [0.25, 0.3) is 0 Å². The summed E-state index contributed by atoms with van der Waals surface area (Å²) in [6, 6.07) is 0. The van der Waals surface area contributed by atoms with Crippen LogP contribution in [0.15, 0.2) is 0 Å². The van der Waals surface area contributed by atoms with Gasteiger partial charge in [-0.05, 0) is 26.4 Å². The van der Waals surface area contributed by atoms with E-state index in [1.165, 1.54) is 6.42 Å². The number of carbonyl (C=O) groups excluding carboxylic acids is 1. The van der Waals surface area contributed by atoms with Crippen LogP contribution < -0.4 is 0 Å². The number of carbonyl (C=O) groups is 1. The van der Waals surface area contributed by atoms with Gasteiger partial charge in [-0.25, -0.2) is 0 Å². The van der Waals surface area contributed by atoms with Gasteiger partial charge in [0, 0.05) is 19.6 Å². The smallest absolute Gasteiger partial charge is 0.149 e. The minimum atomic E-state index is -0.201. The lowest BCUT2D eigenvalue weighted by Gasteiger charge is -2.31. The topological polar surface area (TPSA) is 29.5 Å². The molecule has 3 nitrogen and oxygen atoms in total. The number of rotatable bonds is 3. The Kier molecular flexibility index (Phi) is 3.69. The number of aldehydes is 1. The summed E-state index contributed by atoms with van der Waals surface area (Å²) in [5, 5.41) is 0. The minimum Gasteiger partial charge on any atom is -0.374 e. The van der Waals surface area contributed by atoms with Gasteiger partial charge >= 0.3 is 0 Å². The second-order valence-electron chi connectivity index (χ2n) is 3.50. The Balaban J connectivity index is 2.43. The maximum Gasteiger partial charge on any atom is 0.149 e. The predicted octanol–water partition coefficient (Wildman–Crippen LogP) is 0.542. The van der Waals surface area contributed by atoms with Crippen LogP contribution in [-0.2, 0) is 9.53 Å². The van der Waals surface area contributed by atoms with Gasteiger partial charge in [0.15, 0.2) is 0 Å². The number of hydrogen-bond donors (Lipinski definition) is 0. The van der Waals surface area contributed by atoms with E-state index in [4.69, 9.17) is 4.74 Å². The van der Waals surface area contributed by atoms with Crippen LogP contribution in [0.2, 0.25) is 0 Å². The molecule has 3 heteroatoms. The van der Waals surface area contributed by atoms with Crippen molar-refractivity contribution in [3.8, 4) is 0 Å². The number of methoxy groups -OCH3 is 1. The average Bonchev–Trinajstić information content (AvgIpc) is 2.07. The molecule has 1 rings (SSSR count).